The van der Waals surface area contributed by atoms with Crippen molar-refractivity contribution in [1.82, 2.24) is 0 Å². The minimum absolute atomic E-state index is 0.117. The largest absolute Gasteiger partial charge is 0.506 e. The fourth-order valence-corrected chi connectivity index (χ4v) is 2.82. The lowest BCUT2D eigenvalue weighted by Gasteiger charge is -2.10. The second-order valence-electron chi connectivity index (χ2n) is 2.61. The zero-order chi connectivity index (χ0) is 9.30. The Bertz CT molecular complexity index is 299. The van der Waals surface area contributed by atoms with E-state index in [9.17, 15) is 5.11 Å². The number of benzene rings is 1. The first-order valence-electron chi connectivity index (χ1n) is 3.46. The SMILES string of the molecule is C[C@H](N)c1cc(I)cc(I)c1O. The van der Waals surface area contributed by atoms with Gasteiger partial charge < -0.3 is 10.8 Å². The maximum Gasteiger partial charge on any atom is 0.133 e. The minimum atomic E-state index is -0.117. The van der Waals surface area contributed by atoms with E-state index < -0.39 is 0 Å². The van der Waals surface area contributed by atoms with Crippen LogP contribution in [0.25, 0.3) is 0 Å². The molecule has 0 unspecified atom stereocenters. The van der Waals surface area contributed by atoms with Gasteiger partial charge in [0.2, 0.25) is 0 Å². The summed E-state index contributed by atoms with van der Waals surface area (Å²) in [5, 5.41) is 9.60. The van der Waals surface area contributed by atoms with Crippen molar-refractivity contribution in [3.05, 3.63) is 24.8 Å². The lowest BCUT2D eigenvalue weighted by atomic mass is 10.1. The number of halogens is 2. The van der Waals surface area contributed by atoms with Gasteiger partial charge in [-0.2, -0.15) is 0 Å². The molecule has 2 nitrogen and oxygen atoms in total. The molecule has 0 aliphatic heterocycles. The van der Waals surface area contributed by atoms with Crippen LogP contribution in [-0.4, -0.2) is 5.11 Å². The topological polar surface area (TPSA) is 46.2 Å². The first kappa shape index (κ1) is 10.5. The Hall–Kier alpha value is 0.440. The standard InChI is InChI=1S/C8H9I2NO/c1-4(11)6-2-5(9)3-7(10)8(6)12/h2-4,12H,11H2,1H3/t4-/m0/s1. The van der Waals surface area contributed by atoms with Crippen LogP contribution >= 0.6 is 45.2 Å². The molecule has 0 amide bonds. The summed E-state index contributed by atoms with van der Waals surface area (Å²) in [6.07, 6.45) is 0. The molecule has 0 aliphatic carbocycles. The lowest BCUT2D eigenvalue weighted by Crippen LogP contribution is -2.06. The molecule has 0 aromatic heterocycles. The van der Waals surface area contributed by atoms with Crippen molar-refractivity contribution in [2.24, 2.45) is 5.73 Å². The second kappa shape index (κ2) is 4.10. The molecule has 0 spiro atoms. The maximum atomic E-state index is 9.60. The molecule has 0 fully saturated rings. The summed E-state index contributed by atoms with van der Waals surface area (Å²) < 4.78 is 1.95. The summed E-state index contributed by atoms with van der Waals surface area (Å²) in [5.41, 5.74) is 6.50. The van der Waals surface area contributed by atoms with Gasteiger partial charge in [-0.15, -0.1) is 0 Å². The number of phenols is 1. The maximum absolute atomic E-state index is 9.60. The average Bonchev–Trinajstić information content (AvgIpc) is 1.96. The third-order valence-corrected chi connectivity index (χ3v) is 2.99. The van der Waals surface area contributed by atoms with E-state index in [1.807, 2.05) is 19.1 Å². The molecule has 12 heavy (non-hydrogen) atoms. The third kappa shape index (κ3) is 2.23. The summed E-state index contributed by atoms with van der Waals surface area (Å²) in [4.78, 5) is 0. The highest BCUT2D eigenvalue weighted by Gasteiger charge is 2.09. The molecular formula is C8H9I2NO. The highest BCUT2D eigenvalue weighted by Crippen LogP contribution is 2.30. The predicted octanol–water partition coefficient (Wildman–Crippen LogP) is 2.62. The molecule has 0 bridgehead atoms. The van der Waals surface area contributed by atoms with Crippen LogP contribution in [0.15, 0.2) is 12.1 Å². The quantitative estimate of drug-likeness (QED) is 0.726. The first-order chi connectivity index (χ1) is 5.52. The van der Waals surface area contributed by atoms with Gasteiger partial charge in [-0.25, -0.2) is 0 Å². The fourth-order valence-electron chi connectivity index (χ4n) is 0.933. The van der Waals surface area contributed by atoms with Gasteiger partial charge in [0.1, 0.15) is 5.75 Å². The molecule has 1 aromatic carbocycles. The molecule has 4 heteroatoms. The van der Waals surface area contributed by atoms with E-state index in [1.54, 1.807) is 0 Å². The second-order valence-corrected chi connectivity index (χ2v) is 5.02. The highest BCUT2D eigenvalue weighted by atomic mass is 127. The third-order valence-electron chi connectivity index (χ3n) is 1.55. The van der Waals surface area contributed by atoms with Crippen LogP contribution in [0.2, 0.25) is 0 Å². The van der Waals surface area contributed by atoms with E-state index >= 15 is 0 Å². The van der Waals surface area contributed by atoms with Crippen LogP contribution in [0.5, 0.6) is 5.75 Å². The van der Waals surface area contributed by atoms with E-state index in [2.05, 4.69) is 45.2 Å². The predicted molar refractivity (Wildman–Crippen MR) is 66.1 cm³/mol. The van der Waals surface area contributed by atoms with Gasteiger partial charge in [0.25, 0.3) is 0 Å². The van der Waals surface area contributed by atoms with Crippen molar-refractivity contribution in [3.8, 4) is 5.75 Å². The molecule has 0 radical (unpaired) electrons. The molecule has 66 valence electrons. The van der Waals surface area contributed by atoms with Crippen molar-refractivity contribution < 1.29 is 5.11 Å². The van der Waals surface area contributed by atoms with Crippen molar-refractivity contribution in [1.29, 1.82) is 0 Å². The zero-order valence-corrected chi connectivity index (χ0v) is 10.8. The molecule has 1 aromatic rings. The van der Waals surface area contributed by atoms with Gasteiger partial charge in [-0.05, 0) is 64.2 Å². The molecule has 0 saturated carbocycles. The molecule has 0 saturated heterocycles. The van der Waals surface area contributed by atoms with Gasteiger partial charge >= 0.3 is 0 Å². The number of nitrogens with two attached hydrogens (primary N) is 1. The van der Waals surface area contributed by atoms with Crippen LogP contribution in [0, 0.1) is 7.14 Å². The van der Waals surface area contributed by atoms with Gasteiger partial charge in [0, 0.05) is 15.2 Å². The zero-order valence-electron chi connectivity index (χ0n) is 6.51. The summed E-state index contributed by atoms with van der Waals surface area (Å²) in [7, 11) is 0. The Morgan fingerprint density at radius 2 is 2.00 bits per heavy atom. The monoisotopic (exact) mass is 389 g/mol. The van der Waals surface area contributed by atoms with Crippen LogP contribution in [-0.2, 0) is 0 Å². The molecular weight excluding hydrogens is 380 g/mol. The van der Waals surface area contributed by atoms with E-state index in [0.717, 1.165) is 12.7 Å². The number of hydrogen-bond acceptors (Lipinski definition) is 2. The van der Waals surface area contributed by atoms with Crippen LogP contribution < -0.4 is 5.73 Å². The lowest BCUT2D eigenvalue weighted by molar-refractivity contribution is 0.459. The van der Waals surface area contributed by atoms with Gasteiger partial charge in [0.15, 0.2) is 0 Å². The number of phenolic OH excluding ortho intramolecular Hbond substituents is 1. The van der Waals surface area contributed by atoms with Crippen molar-refractivity contribution in [2.45, 2.75) is 13.0 Å². The van der Waals surface area contributed by atoms with E-state index in [4.69, 9.17) is 5.73 Å². The van der Waals surface area contributed by atoms with E-state index in [-0.39, 0.29) is 6.04 Å². The molecule has 1 atom stereocenters. The molecule has 0 heterocycles. The van der Waals surface area contributed by atoms with Crippen LogP contribution in [0.4, 0.5) is 0 Å². The van der Waals surface area contributed by atoms with Gasteiger partial charge in [0.05, 0.1) is 3.57 Å². The van der Waals surface area contributed by atoms with E-state index in [0.29, 0.717) is 5.75 Å². The Morgan fingerprint density at radius 3 is 2.50 bits per heavy atom. The van der Waals surface area contributed by atoms with E-state index in [1.165, 1.54) is 0 Å². The molecule has 1 rings (SSSR count). The Balaban J connectivity index is 3.28. The first-order valence-corrected chi connectivity index (χ1v) is 5.61. The Kier molecular flexibility index (Phi) is 3.59. The average molecular weight is 389 g/mol. The number of hydrogen-bond donors (Lipinski definition) is 2. The smallest absolute Gasteiger partial charge is 0.133 e. The van der Waals surface area contributed by atoms with Crippen molar-refractivity contribution >= 4 is 45.2 Å². The number of aromatic hydroxyl groups is 1. The van der Waals surface area contributed by atoms with Crippen molar-refractivity contribution in [3.63, 3.8) is 0 Å². The molecule has 3 N–H and O–H groups in total. The van der Waals surface area contributed by atoms with Gasteiger partial charge in [-0.3, -0.25) is 0 Å². The van der Waals surface area contributed by atoms with Crippen molar-refractivity contribution in [2.75, 3.05) is 0 Å². The summed E-state index contributed by atoms with van der Waals surface area (Å²) in [6, 6.07) is 3.71. The minimum Gasteiger partial charge on any atom is -0.506 e. The van der Waals surface area contributed by atoms with Crippen LogP contribution in [0.1, 0.15) is 18.5 Å². The normalized spacial score (nSPS) is 13.0. The summed E-state index contributed by atoms with van der Waals surface area (Å²) >= 11 is 4.31. The summed E-state index contributed by atoms with van der Waals surface area (Å²) in [5.74, 6) is 0.311. The van der Waals surface area contributed by atoms with Gasteiger partial charge in [-0.1, -0.05) is 0 Å². The Labute approximate surface area is 98.8 Å². The Morgan fingerprint density at radius 1 is 1.42 bits per heavy atom. The van der Waals surface area contributed by atoms with Crippen LogP contribution in [0.3, 0.4) is 0 Å². The summed E-state index contributed by atoms with van der Waals surface area (Å²) in [6.45, 7) is 1.86. The number of rotatable bonds is 1. The fraction of sp³-hybridized carbons (Fsp3) is 0.250. The molecule has 0 aliphatic rings. The highest BCUT2D eigenvalue weighted by molar-refractivity contribution is 14.1.